The number of nitrogens with two attached hydrogens (primary N) is 1. The molecule has 0 atom stereocenters. The first-order valence-electron chi connectivity index (χ1n) is 3.93. The zero-order valence-corrected chi connectivity index (χ0v) is 9.33. The van der Waals surface area contributed by atoms with Crippen molar-refractivity contribution >= 4 is 34.2 Å². The molecule has 1 rings (SSSR count). The summed E-state index contributed by atoms with van der Waals surface area (Å²) in [4.78, 5) is 6.93. The number of aliphatic imine (C=N–C) groups is 1. The Balaban J connectivity index is 2.53. The molecule has 16 heavy (non-hydrogen) atoms. The summed E-state index contributed by atoms with van der Waals surface area (Å²) in [5.74, 6) is 0.130. The maximum atomic E-state index is 11.8. The van der Waals surface area contributed by atoms with Gasteiger partial charge < -0.3 is 11.1 Å². The van der Waals surface area contributed by atoms with Crippen molar-refractivity contribution in [1.29, 1.82) is 0 Å². The van der Waals surface area contributed by atoms with E-state index >= 15 is 0 Å². The fourth-order valence-electron chi connectivity index (χ4n) is 0.683. The van der Waals surface area contributed by atoms with Gasteiger partial charge in [-0.25, -0.2) is 9.98 Å². The van der Waals surface area contributed by atoms with E-state index in [4.69, 9.17) is 17.3 Å². The molecule has 1 aromatic rings. The normalized spacial score (nSPS) is 12.9. The molecule has 0 saturated heterocycles. The number of nitrogens with zero attached hydrogens (tertiary/aromatic N) is 3. The summed E-state index contributed by atoms with van der Waals surface area (Å²) < 4.78 is 39.1. The summed E-state index contributed by atoms with van der Waals surface area (Å²) in [6, 6.07) is 0. The zero-order chi connectivity index (χ0) is 12.2. The highest BCUT2D eigenvalue weighted by molar-refractivity contribution is 7.09. The summed E-state index contributed by atoms with van der Waals surface area (Å²) in [6.45, 7) is -1.34. The van der Waals surface area contributed by atoms with Crippen molar-refractivity contribution in [2.45, 2.75) is 12.1 Å². The smallest absolute Gasteiger partial charge is 0.370 e. The van der Waals surface area contributed by atoms with E-state index < -0.39 is 12.7 Å². The predicted molar refractivity (Wildman–Crippen MR) is 55.6 cm³/mol. The summed E-state index contributed by atoms with van der Waals surface area (Å²) in [7, 11) is 0. The van der Waals surface area contributed by atoms with Crippen LogP contribution in [0.15, 0.2) is 4.99 Å². The third-order valence-corrected chi connectivity index (χ3v) is 2.16. The summed E-state index contributed by atoms with van der Waals surface area (Å²) in [5, 5.41) is 2.63. The molecule has 0 spiro atoms. The fourth-order valence-corrected chi connectivity index (χ4v) is 1.47. The van der Waals surface area contributed by atoms with Crippen LogP contribution in [0.1, 0.15) is 5.82 Å². The van der Waals surface area contributed by atoms with Crippen LogP contribution in [0.25, 0.3) is 0 Å². The molecule has 0 aromatic carbocycles. The Hall–Kier alpha value is -1.09. The van der Waals surface area contributed by atoms with Gasteiger partial charge in [0, 0.05) is 11.5 Å². The van der Waals surface area contributed by atoms with Crippen LogP contribution in [0.2, 0.25) is 0 Å². The molecule has 5 nitrogen and oxygen atoms in total. The highest BCUT2D eigenvalue weighted by Crippen LogP contribution is 2.15. The van der Waals surface area contributed by atoms with E-state index in [1.807, 2.05) is 0 Å². The molecule has 0 aliphatic carbocycles. The lowest BCUT2D eigenvalue weighted by molar-refractivity contribution is -0.118. The monoisotopic (exact) mass is 273 g/mol. The Morgan fingerprint density at radius 1 is 1.56 bits per heavy atom. The fraction of sp³-hybridized carbons (Fsp3) is 0.500. The number of hydrogen-bond acceptors (Lipinski definition) is 4. The van der Waals surface area contributed by atoms with Gasteiger partial charge in [0.1, 0.15) is 6.54 Å². The van der Waals surface area contributed by atoms with E-state index in [2.05, 4.69) is 19.7 Å². The van der Waals surface area contributed by atoms with Crippen LogP contribution in [0, 0.1) is 0 Å². The lowest BCUT2D eigenvalue weighted by Crippen LogP contribution is -2.25. The Bertz CT molecular complexity index is 376. The van der Waals surface area contributed by atoms with E-state index in [0.29, 0.717) is 5.82 Å². The van der Waals surface area contributed by atoms with Gasteiger partial charge in [-0.3, -0.25) is 0 Å². The molecular formula is C6H7ClF3N5S. The molecule has 0 radical (unpaired) electrons. The van der Waals surface area contributed by atoms with Gasteiger partial charge in [-0.15, -0.1) is 11.6 Å². The lowest BCUT2D eigenvalue weighted by atomic mass is 10.6. The Labute approximate surface area is 97.7 Å². The minimum absolute atomic E-state index is 0.123. The molecule has 0 bridgehead atoms. The van der Waals surface area contributed by atoms with Crippen molar-refractivity contribution in [3.8, 4) is 0 Å². The van der Waals surface area contributed by atoms with Crippen LogP contribution in [-0.2, 0) is 5.88 Å². The molecule has 3 N–H and O–H groups in total. The van der Waals surface area contributed by atoms with Crippen molar-refractivity contribution in [2.75, 3.05) is 11.9 Å². The van der Waals surface area contributed by atoms with Crippen LogP contribution in [0.5, 0.6) is 0 Å². The first kappa shape index (κ1) is 13.0. The van der Waals surface area contributed by atoms with Crippen molar-refractivity contribution in [3.63, 3.8) is 0 Å². The number of rotatable bonds is 3. The standard InChI is InChI=1S/C6H7ClF3N5S/c7-1-3-13-5(16-15-3)14-4(11)12-2-6(8,9)10/h1-2H2,(H3,11,12,13,14,15). The highest BCUT2D eigenvalue weighted by atomic mass is 35.5. The van der Waals surface area contributed by atoms with Gasteiger partial charge in [-0.1, -0.05) is 0 Å². The van der Waals surface area contributed by atoms with Crippen molar-refractivity contribution in [2.24, 2.45) is 10.7 Å². The number of anilines is 1. The van der Waals surface area contributed by atoms with Crippen LogP contribution in [-0.4, -0.2) is 28.0 Å². The number of hydrogen-bond donors (Lipinski definition) is 2. The Kier molecular flexibility index (Phi) is 4.30. The number of aromatic nitrogens is 2. The minimum atomic E-state index is -4.38. The second kappa shape index (κ2) is 5.30. The molecule has 1 heterocycles. The second-order valence-corrected chi connectivity index (χ2v) is 3.61. The predicted octanol–water partition coefficient (Wildman–Crippen LogP) is 1.57. The van der Waals surface area contributed by atoms with Gasteiger partial charge in [0.15, 0.2) is 11.8 Å². The topological polar surface area (TPSA) is 76.2 Å². The van der Waals surface area contributed by atoms with Gasteiger partial charge in [0.05, 0.1) is 5.88 Å². The number of nitrogens with one attached hydrogen (secondary N) is 1. The Morgan fingerprint density at radius 2 is 2.25 bits per heavy atom. The quantitative estimate of drug-likeness (QED) is 0.498. The third-order valence-electron chi connectivity index (χ3n) is 1.25. The number of halogens is 4. The number of alkyl halides is 4. The van der Waals surface area contributed by atoms with Crippen LogP contribution < -0.4 is 11.1 Å². The van der Waals surface area contributed by atoms with Gasteiger partial charge in [0.25, 0.3) is 0 Å². The molecule has 0 amide bonds. The van der Waals surface area contributed by atoms with Gasteiger partial charge in [-0.2, -0.15) is 17.5 Å². The zero-order valence-electron chi connectivity index (χ0n) is 7.75. The van der Waals surface area contributed by atoms with E-state index in [-0.39, 0.29) is 17.0 Å². The lowest BCUT2D eigenvalue weighted by Gasteiger charge is -2.03. The van der Waals surface area contributed by atoms with E-state index in [0.717, 1.165) is 11.5 Å². The van der Waals surface area contributed by atoms with Crippen LogP contribution in [0.4, 0.5) is 18.3 Å². The molecule has 0 fully saturated rings. The molecule has 0 unspecified atom stereocenters. The number of guanidine groups is 1. The van der Waals surface area contributed by atoms with E-state index in [1.54, 1.807) is 0 Å². The Morgan fingerprint density at radius 3 is 2.75 bits per heavy atom. The minimum Gasteiger partial charge on any atom is -0.370 e. The third kappa shape index (κ3) is 4.62. The molecule has 1 aromatic heterocycles. The first-order valence-corrected chi connectivity index (χ1v) is 5.24. The van der Waals surface area contributed by atoms with Crippen LogP contribution >= 0.6 is 23.1 Å². The van der Waals surface area contributed by atoms with Crippen molar-refractivity contribution in [1.82, 2.24) is 9.36 Å². The summed E-state index contributed by atoms with van der Waals surface area (Å²) in [6.07, 6.45) is -4.38. The molecule has 10 heteroatoms. The largest absolute Gasteiger partial charge is 0.408 e. The van der Waals surface area contributed by atoms with Crippen LogP contribution in [0.3, 0.4) is 0 Å². The van der Waals surface area contributed by atoms with E-state index in [9.17, 15) is 13.2 Å². The van der Waals surface area contributed by atoms with Crippen molar-refractivity contribution in [3.05, 3.63) is 5.82 Å². The van der Waals surface area contributed by atoms with Gasteiger partial charge >= 0.3 is 6.18 Å². The van der Waals surface area contributed by atoms with E-state index in [1.165, 1.54) is 0 Å². The van der Waals surface area contributed by atoms with Gasteiger partial charge in [-0.05, 0) is 0 Å². The molecule has 90 valence electrons. The molecule has 0 aliphatic heterocycles. The summed E-state index contributed by atoms with van der Waals surface area (Å²) in [5.41, 5.74) is 5.21. The summed E-state index contributed by atoms with van der Waals surface area (Å²) >= 11 is 6.38. The average molecular weight is 274 g/mol. The second-order valence-electron chi connectivity index (χ2n) is 2.59. The molecule has 0 saturated carbocycles. The maximum Gasteiger partial charge on any atom is 0.408 e. The molecular weight excluding hydrogens is 267 g/mol. The SMILES string of the molecule is N/C(=N/CC(F)(F)F)Nc1nc(CCl)ns1. The average Bonchev–Trinajstić information content (AvgIpc) is 2.61. The molecule has 0 aliphatic rings. The van der Waals surface area contributed by atoms with Gasteiger partial charge in [0.2, 0.25) is 5.13 Å². The first-order chi connectivity index (χ1) is 7.40. The highest BCUT2D eigenvalue weighted by Gasteiger charge is 2.26. The maximum absolute atomic E-state index is 11.8. The van der Waals surface area contributed by atoms with Crippen molar-refractivity contribution < 1.29 is 13.2 Å².